The Morgan fingerprint density at radius 2 is 1.49 bits per heavy atom. The Morgan fingerprint density at radius 1 is 0.804 bits per heavy atom. The van der Waals surface area contributed by atoms with Crippen LogP contribution in [0.3, 0.4) is 0 Å². The Bertz CT molecular complexity index is 2140. The van der Waals surface area contributed by atoms with Crippen LogP contribution in [0, 0.1) is 25.2 Å². The first-order valence-electron chi connectivity index (χ1n) is 16.1. The summed E-state index contributed by atoms with van der Waals surface area (Å²) in [5.41, 5.74) is 4.05. The monoisotopic (exact) mass is 713 g/mol. The summed E-state index contributed by atoms with van der Waals surface area (Å²) in [6.45, 7) is 5.51. The van der Waals surface area contributed by atoms with Crippen molar-refractivity contribution >= 4 is 69.2 Å². The molecule has 0 aliphatic rings. The van der Waals surface area contributed by atoms with Crippen molar-refractivity contribution in [3.63, 3.8) is 0 Å². The molecule has 4 aromatic carbocycles. The molecule has 0 saturated carbocycles. The van der Waals surface area contributed by atoms with Crippen molar-refractivity contribution in [2.24, 2.45) is 0 Å². The van der Waals surface area contributed by atoms with Crippen LogP contribution in [-0.4, -0.2) is 28.9 Å². The van der Waals surface area contributed by atoms with Gasteiger partial charge < -0.3 is 21.3 Å². The van der Waals surface area contributed by atoms with Crippen molar-refractivity contribution in [3.8, 4) is 6.07 Å². The summed E-state index contributed by atoms with van der Waals surface area (Å²) in [7, 11) is 0. The number of rotatable bonds is 12. The van der Waals surface area contributed by atoms with Gasteiger partial charge in [0, 0.05) is 21.8 Å². The molecule has 0 aliphatic heterocycles. The maximum absolute atomic E-state index is 13.6. The number of nitrogens with one attached hydrogen (secondary N) is 4. The molecule has 0 spiro atoms. The molecule has 1 heterocycles. The molecule has 1 unspecified atom stereocenters. The van der Waals surface area contributed by atoms with E-state index in [0.717, 1.165) is 27.4 Å². The molecule has 5 rings (SSSR count). The molecule has 0 radical (unpaired) electrons. The quantitative estimate of drug-likeness (QED) is 0.0756. The molecule has 5 aromatic rings. The van der Waals surface area contributed by atoms with Crippen LogP contribution >= 0.6 is 23.1 Å². The molecule has 0 saturated heterocycles. The number of nitrogens with zero attached hydrogens (tertiary/aromatic N) is 1. The van der Waals surface area contributed by atoms with E-state index in [9.17, 15) is 24.4 Å². The molecule has 11 heteroatoms. The molecule has 9 nitrogen and oxygen atoms in total. The van der Waals surface area contributed by atoms with Gasteiger partial charge in [0.05, 0.1) is 15.7 Å². The van der Waals surface area contributed by atoms with E-state index in [0.29, 0.717) is 38.8 Å². The van der Waals surface area contributed by atoms with E-state index in [1.54, 1.807) is 73.7 Å². The van der Waals surface area contributed by atoms with Crippen molar-refractivity contribution in [1.82, 2.24) is 5.32 Å². The van der Waals surface area contributed by atoms with Crippen molar-refractivity contribution in [3.05, 3.63) is 148 Å². The predicted molar refractivity (Wildman–Crippen MR) is 205 cm³/mol. The highest BCUT2D eigenvalue weighted by atomic mass is 32.2. The molecule has 0 bridgehead atoms. The highest BCUT2D eigenvalue weighted by molar-refractivity contribution is 8.00. The number of benzene rings is 4. The predicted octanol–water partition coefficient (Wildman–Crippen LogP) is 8.41. The minimum absolute atomic E-state index is 0.0645. The third-order valence-corrected chi connectivity index (χ3v) is 10.2. The second-order valence-corrected chi connectivity index (χ2v) is 13.8. The summed E-state index contributed by atoms with van der Waals surface area (Å²) in [5.74, 6) is -1.62. The smallest absolute Gasteiger partial charge is 0.272 e. The maximum Gasteiger partial charge on any atom is 0.272 e. The number of carbonyl (C=O) groups is 4. The van der Waals surface area contributed by atoms with Gasteiger partial charge in [0.25, 0.3) is 17.7 Å². The normalized spacial score (nSPS) is 11.5. The molecule has 51 heavy (non-hydrogen) atoms. The van der Waals surface area contributed by atoms with E-state index >= 15 is 0 Å². The van der Waals surface area contributed by atoms with Gasteiger partial charge in [-0.15, -0.1) is 23.1 Å². The van der Waals surface area contributed by atoms with Crippen LogP contribution in [0.4, 0.5) is 16.4 Å². The highest BCUT2D eigenvalue weighted by Gasteiger charge is 2.25. The van der Waals surface area contributed by atoms with Gasteiger partial charge in [0.1, 0.15) is 16.8 Å². The molecule has 4 N–H and O–H groups in total. The molecule has 1 atom stereocenters. The minimum Gasteiger partial charge on any atom is -0.321 e. The Labute approximate surface area is 304 Å². The van der Waals surface area contributed by atoms with Crippen LogP contribution in [0.2, 0.25) is 0 Å². The van der Waals surface area contributed by atoms with Gasteiger partial charge in [-0.1, -0.05) is 79.2 Å². The van der Waals surface area contributed by atoms with E-state index in [1.807, 2.05) is 62.4 Å². The zero-order valence-corrected chi connectivity index (χ0v) is 29.8. The van der Waals surface area contributed by atoms with E-state index in [2.05, 4.69) is 27.3 Å². The van der Waals surface area contributed by atoms with Gasteiger partial charge in [-0.2, -0.15) is 5.26 Å². The Balaban J connectivity index is 1.30. The molecule has 0 fully saturated rings. The molecule has 1 aromatic heterocycles. The van der Waals surface area contributed by atoms with Gasteiger partial charge in [-0.3, -0.25) is 19.2 Å². The topological polar surface area (TPSA) is 140 Å². The minimum atomic E-state index is -0.548. The lowest BCUT2D eigenvalue weighted by atomic mass is 10.1. The summed E-state index contributed by atoms with van der Waals surface area (Å²) in [5, 5.41) is 21.0. The van der Waals surface area contributed by atoms with Gasteiger partial charge in [-0.25, -0.2) is 0 Å². The number of nitriles is 1. The lowest BCUT2D eigenvalue weighted by Gasteiger charge is -2.15. The number of hydrogen-bond acceptors (Lipinski definition) is 7. The fourth-order valence-electron chi connectivity index (χ4n) is 5.06. The van der Waals surface area contributed by atoms with E-state index in [1.165, 1.54) is 11.8 Å². The number of hydrogen-bond donors (Lipinski definition) is 4. The first kappa shape index (κ1) is 36.3. The van der Waals surface area contributed by atoms with E-state index in [-0.39, 0.29) is 23.1 Å². The van der Waals surface area contributed by atoms with Crippen LogP contribution in [0.15, 0.2) is 120 Å². The number of para-hydroxylation sites is 1. The molecule has 4 amide bonds. The number of amides is 4. The zero-order valence-electron chi connectivity index (χ0n) is 28.2. The maximum atomic E-state index is 13.6. The van der Waals surface area contributed by atoms with E-state index in [4.69, 9.17) is 0 Å². The number of carbonyl (C=O) groups excluding carboxylic acids is 4. The third-order valence-electron chi connectivity index (χ3n) is 7.65. The number of thiophene rings is 1. The van der Waals surface area contributed by atoms with Gasteiger partial charge >= 0.3 is 0 Å². The molecular weight excluding hydrogens is 679 g/mol. The lowest BCUT2D eigenvalue weighted by Crippen LogP contribution is -2.30. The fourth-order valence-corrected chi connectivity index (χ4v) is 7.12. The Kier molecular flexibility index (Phi) is 12.2. The largest absolute Gasteiger partial charge is 0.321 e. The molecule has 256 valence electrons. The van der Waals surface area contributed by atoms with Gasteiger partial charge in [-0.05, 0) is 79.9 Å². The SMILES string of the molecule is CCC(Sc1cccc(NC(=O)/C(=C\c2cccc(C)c2)NC(=O)c2ccccc2)c1)C(=O)Nc1sc(C(=O)Nc2ccccc2)c(C)c1C#N. The first-order chi connectivity index (χ1) is 24.6. The number of anilines is 3. The standard InChI is InChI=1S/C40H35N5O4S2/c1-4-34(38(48)45-40-32(24-41)26(3)35(51-40)39(49)42-29-17-9-6-10-18-29)50-31-20-12-19-30(23-31)43-37(47)33(22-27-14-11-13-25(2)21-27)44-36(46)28-15-7-5-8-16-28/h5-23,34H,4H2,1-3H3,(H,42,49)(H,43,47)(H,44,46)(H,45,48)/b33-22+. The summed E-state index contributed by atoms with van der Waals surface area (Å²) >= 11 is 2.36. The second kappa shape index (κ2) is 17.1. The van der Waals surface area contributed by atoms with Gasteiger partial charge in [0.2, 0.25) is 5.91 Å². The third kappa shape index (κ3) is 9.60. The second-order valence-electron chi connectivity index (χ2n) is 11.5. The zero-order chi connectivity index (χ0) is 36.3. The summed E-state index contributed by atoms with van der Waals surface area (Å²) < 4.78 is 0. The van der Waals surface area contributed by atoms with Crippen LogP contribution in [0.5, 0.6) is 0 Å². The van der Waals surface area contributed by atoms with Crippen molar-refractivity contribution < 1.29 is 19.2 Å². The average molecular weight is 714 g/mol. The molecular formula is C40H35N5O4S2. The summed E-state index contributed by atoms with van der Waals surface area (Å²) in [6.07, 6.45) is 2.09. The van der Waals surface area contributed by atoms with Gasteiger partial charge in [0.15, 0.2) is 0 Å². The number of aryl methyl sites for hydroxylation is 1. The van der Waals surface area contributed by atoms with Crippen LogP contribution in [0.25, 0.3) is 6.08 Å². The van der Waals surface area contributed by atoms with Crippen LogP contribution in [-0.2, 0) is 9.59 Å². The first-order valence-corrected chi connectivity index (χ1v) is 17.8. The summed E-state index contributed by atoms with van der Waals surface area (Å²) in [6, 6.07) is 34.4. The summed E-state index contributed by atoms with van der Waals surface area (Å²) in [4.78, 5) is 54.2. The van der Waals surface area contributed by atoms with Crippen LogP contribution in [0.1, 0.15) is 55.6 Å². The Hall–Kier alpha value is -5.96. The van der Waals surface area contributed by atoms with Crippen LogP contribution < -0.4 is 21.3 Å². The fraction of sp³-hybridized carbons (Fsp3) is 0.125. The van der Waals surface area contributed by atoms with Crippen molar-refractivity contribution in [2.45, 2.75) is 37.3 Å². The average Bonchev–Trinajstić information content (AvgIpc) is 3.45. The molecule has 0 aliphatic carbocycles. The highest BCUT2D eigenvalue weighted by Crippen LogP contribution is 2.35. The van der Waals surface area contributed by atoms with E-state index < -0.39 is 17.1 Å². The Morgan fingerprint density at radius 3 is 2.18 bits per heavy atom. The van der Waals surface area contributed by atoms with Crippen molar-refractivity contribution in [2.75, 3.05) is 16.0 Å². The van der Waals surface area contributed by atoms with Crippen molar-refractivity contribution in [1.29, 1.82) is 5.26 Å². The number of thioether (sulfide) groups is 1. The lowest BCUT2D eigenvalue weighted by molar-refractivity contribution is -0.116.